The molecule has 2 aromatic carbocycles. The van der Waals surface area contributed by atoms with Crippen LogP contribution in [0.25, 0.3) is 0 Å². The molecule has 2 aromatic heterocycles. The van der Waals surface area contributed by atoms with E-state index in [4.69, 9.17) is 47.6 Å². The Morgan fingerprint density at radius 2 is 1.67 bits per heavy atom. The topological polar surface area (TPSA) is 233 Å². The molecule has 0 fully saturated rings. The highest BCUT2D eigenvalue weighted by molar-refractivity contribution is 7.90. The van der Waals surface area contributed by atoms with Crippen LogP contribution in [0.1, 0.15) is 38.3 Å². The number of carbonyl (C=O) groups is 4. The van der Waals surface area contributed by atoms with Gasteiger partial charge >= 0.3 is 36.1 Å². The van der Waals surface area contributed by atoms with Gasteiger partial charge in [0.2, 0.25) is 5.95 Å². The molecule has 4 rings (SSSR count). The van der Waals surface area contributed by atoms with Gasteiger partial charge in [-0.25, -0.2) is 32.3 Å². The summed E-state index contributed by atoms with van der Waals surface area (Å²) in [6.07, 6.45) is -5.96. The zero-order valence-corrected chi connectivity index (χ0v) is 29.0. The summed E-state index contributed by atoms with van der Waals surface area (Å²) in [5.41, 5.74) is -1.12. The number of nitrogens with one attached hydrogen (secondary N) is 2. The van der Waals surface area contributed by atoms with E-state index in [1.807, 2.05) is 0 Å². The van der Waals surface area contributed by atoms with Gasteiger partial charge in [0.25, 0.3) is 10.0 Å². The second-order valence-corrected chi connectivity index (χ2v) is 12.8. The lowest BCUT2D eigenvalue weighted by molar-refractivity contribution is -0.146. The van der Waals surface area contributed by atoms with Crippen LogP contribution in [-0.2, 0) is 25.7 Å². The fourth-order valence-corrected chi connectivity index (χ4v) is 6.04. The maximum Gasteiger partial charge on any atom is 0.416 e. The summed E-state index contributed by atoms with van der Waals surface area (Å²) < 4.78 is 78.8. The number of anilines is 1. The lowest BCUT2D eigenvalue weighted by Gasteiger charge is -2.13. The molecule has 0 unspecified atom stereocenters. The highest BCUT2D eigenvalue weighted by atomic mass is 35.5. The standard InChI is InChI=1S/C17H11Cl2F3O5.C11H11N5O6S2/c1-8(15(23)24)26-16(25)11-7-10(3-4-12(11)18)27-14-5-2-9(6-13(14)19)17(20,21)22;1-5-12-9(15-11(13-5)22-2)14-10(19)16-24(20,21)6-3-4-23-7(6)8(17)18/h2-8H,1H3,(H,23,24);3-4H,1-2H3,(H,17,18)(H2,12,13,14,15,16,19)/t8-;/m0./s1. The van der Waals surface area contributed by atoms with Crippen molar-refractivity contribution in [3.05, 3.63) is 79.7 Å². The predicted molar refractivity (Wildman–Crippen MR) is 172 cm³/mol. The van der Waals surface area contributed by atoms with Crippen LogP contribution in [0.2, 0.25) is 10.0 Å². The average molecular weight is 797 g/mol. The number of aryl methyl sites for hydroxylation is 1. The molecule has 51 heavy (non-hydrogen) atoms. The molecule has 0 aliphatic heterocycles. The first-order chi connectivity index (χ1) is 23.7. The van der Waals surface area contributed by atoms with Crippen molar-refractivity contribution in [2.45, 2.75) is 31.0 Å². The summed E-state index contributed by atoms with van der Waals surface area (Å²) in [6.45, 7) is 2.69. The van der Waals surface area contributed by atoms with E-state index < -0.39 is 61.6 Å². The van der Waals surface area contributed by atoms with Crippen LogP contribution in [0.15, 0.2) is 52.7 Å². The molecule has 16 nitrogen and oxygen atoms in total. The molecular formula is C28H22Cl2F3N5O11S2. The number of urea groups is 1. The van der Waals surface area contributed by atoms with Gasteiger partial charge in [-0.1, -0.05) is 23.2 Å². The van der Waals surface area contributed by atoms with Gasteiger partial charge in [0, 0.05) is 0 Å². The number of rotatable bonds is 10. The predicted octanol–water partition coefficient (Wildman–Crippen LogP) is 5.89. The van der Waals surface area contributed by atoms with Crippen molar-refractivity contribution in [3.63, 3.8) is 0 Å². The zero-order valence-electron chi connectivity index (χ0n) is 25.8. The number of carboxylic acid groups (broad SMARTS) is 2. The lowest BCUT2D eigenvalue weighted by Crippen LogP contribution is -2.35. The number of ether oxygens (including phenoxy) is 3. The normalized spacial score (nSPS) is 11.7. The van der Waals surface area contributed by atoms with Gasteiger partial charge in [0.15, 0.2) is 6.10 Å². The molecule has 0 bridgehead atoms. The number of halogens is 5. The Balaban J connectivity index is 0.000000277. The fraction of sp³-hybridized carbons (Fsp3) is 0.179. The Bertz CT molecular complexity index is 2080. The van der Waals surface area contributed by atoms with Gasteiger partial charge in [0.05, 0.1) is 28.3 Å². The van der Waals surface area contributed by atoms with E-state index in [0.717, 1.165) is 42.5 Å². The Labute approximate surface area is 299 Å². The number of aliphatic carboxylic acids is 1. The van der Waals surface area contributed by atoms with Gasteiger partial charge in [-0.05, 0) is 61.7 Å². The first-order valence-electron chi connectivity index (χ1n) is 13.4. The molecule has 23 heteroatoms. The van der Waals surface area contributed by atoms with Crippen LogP contribution in [0, 0.1) is 6.92 Å². The summed E-state index contributed by atoms with van der Waals surface area (Å²) in [6, 6.07) is 6.19. The first-order valence-corrected chi connectivity index (χ1v) is 16.5. The monoisotopic (exact) mass is 795 g/mol. The van der Waals surface area contributed by atoms with Crippen molar-refractivity contribution in [2.24, 2.45) is 0 Å². The zero-order chi connectivity index (χ0) is 38.3. The molecule has 0 spiro atoms. The Hall–Kier alpha value is -5.25. The molecule has 2 heterocycles. The molecule has 0 saturated heterocycles. The first kappa shape index (κ1) is 40.2. The van der Waals surface area contributed by atoms with Gasteiger partial charge in [-0.2, -0.15) is 28.1 Å². The maximum atomic E-state index is 12.7. The van der Waals surface area contributed by atoms with Crippen LogP contribution in [0.3, 0.4) is 0 Å². The fourth-order valence-electron chi connectivity index (χ4n) is 3.46. The SMILES string of the molecule is COc1nc(C)nc(NC(=O)NS(=O)(=O)c2ccsc2C(=O)O)n1.C[C@H](OC(=O)c1cc(Oc2ccc(C(F)(F)F)cc2Cl)ccc1Cl)C(=O)O. The van der Waals surface area contributed by atoms with E-state index in [0.29, 0.717) is 6.07 Å². The number of sulfonamides is 1. The number of alkyl halides is 3. The van der Waals surface area contributed by atoms with Crippen LogP contribution in [0.5, 0.6) is 17.5 Å². The third kappa shape index (κ3) is 11.1. The molecule has 2 amide bonds. The Kier molecular flexibility index (Phi) is 13.1. The number of hydrogen-bond acceptors (Lipinski definition) is 13. The van der Waals surface area contributed by atoms with E-state index in [-0.39, 0.29) is 44.9 Å². The van der Waals surface area contributed by atoms with Gasteiger partial charge in [-0.3, -0.25) is 5.32 Å². The number of aromatic carboxylic acids is 1. The second-order valence-electron chi connectivity index (χ2n) is 9.44. The van der Waals surface area contributed by atoms with Crippen molar-refractivity contribution in [2.75, 3.05) is 12.4 Å². The minimum Gasteiger partial charge on any atom is -0.479 e. The third-order valence-corrected chi connectivity index (χ3v) is 8.78. The number of methoxy groups -OCH3 is 1. The number of benzene rings is 2. The lowest BCUT2D eigenvalue weighted by atomic mass is 10.2. The minimum atomic E-state index is -4.56. The third-order valence-electron chi connectivity index (χ3n) is 5.75. The quantitative estimate of drug-likeness (QED) is 0.137. The molecule has 1 atom stereocenters. The average Bonchev–Trinajstić information content (AvgIpc) is 3.54. The van der Waals surface area contributed by atoms with Crippen molar-refractivity contribution in [1.82, 2.24) is 19.7 Å². The van der Waals surface area contributed by atoms with Crippen molar-refractivity contribution >= 4 is 74.4 Å². The van der Waals surface area contributed by atoms with Crippen molar-refractivity contribution in [1.29, 1.82) is 0 Å². The van der Waals surface area contributed by atoms with Crippen molar-refractivity contribution in [3.8, 4) is 17.5 Å². The van der Waals surface area contributed by atoms with E-state index in [1.54, 1.807) is 4.72 Å². The summed E-state index contributed by atoms with van der Waals surface area (Å²) in [7, 11) is -3.06. The van der Waals surface area contributed by atoms with Gasteiger partial charge in [-0.15, -0.1) is 11.3 Å². The van der Waals surface area contributed by atoms with Crippen molar-refractivity contribution < 1.29 is 65.2 Å². The number of amides is 2. The van der Waals surface area contributed by atoms with E-state index in [9.17, 15) is 40.8 Å². The molecule has 0 saturated carbocycles. The molecular weight excluding hydrogens is 774 g/mol. The minimum absolute atomic E-state index is 0.0246. The molecule has 272 valence electrons. The number of carbonyl (C=O) groups excluding carboxylic acids is 2. The van der Waals surface area contributed by atoms with E-state index in [2.05, 4.69) is 20.3 Å². The maximum absolute atomic E-state index is 12.7. The molecule has 4 aromatic rings. The Morgan fingerprint density at radius 3 is 2.25 bits per heavy atom. The number of hydrogen-bond donors (Lipinski definition) is 4. The summed E-state index contributed by atoms with van der Waals surface area (Å²) in [5.74, 6) is -3.78. The summed E-state index contributed by atoms with van der Waals surface area (Å²) in [4.78, 5) is 56.0. The summed E-state index contributed by atoms with van der Waals surface area (Å²) >= 11 is 12.4. The molecule has 0 radical (unpaired) electrons. The van der Waals surface area contributed by atoms with Crippen LogP contribution in [0.4, 0.5) is 23.9 Å². The number of carboxylic acids is 2. The van der Waals surface area contributed by atoms with Gasteiger partial charge < -0.3 is 24.4 Å². The number of esters is 1. The van der Waals surface area contributed by atoms with Crippen LogP contribution < -0.4 is 19.5 Å². The number of nitrogens with zero attached hydrogens (tertiary/aromatic N) is 3. The smallest absolute Gasteiger partial charge is 0.416 e. The summed E-state index contributed by atoms with van der Waals surface area (Å²) in [5, 5.41) is 20.8. The van der Waals surface area contributed by atoms with Crippen LogP contribution >= 0.6 is 34.5 Å². The number of aromatic nitrogens is 3. The Morgan fingerprint density at radius 1 is 0.980 bits per heavy atom. The van der Waals surface area contributed by atoms with Crippen LogP contribution in [-0.4, -0.2) is 70.7 Å². The van der Waals surface area contributed by atoms with E-state index in [1.165, 1.54) is 31.5 Å². The van der Waals surface area contributed by atoms with Gasteiger partial charge in [0.1, 0.15) is 27.1 Å². The largest absolute Gasteiger partial charge is 0.479 e. The molecule has 0 aliphatic rings. The highest BCUT2D eigenvalue weighted by Crippen LogP contribution is 2.37. The second kappa shape index (κ2) is 16.6. The number of thiophene rings is 1. The molecule has 0 aliphatic carbocycles. The van der Waals surface area contributed by atoms with E-state index >= 15 is 0 Å². The highest BCUT2D eigenvalue weighted by Gasteiger charge is 2.31. The molecule has 4 N–H and O–H groups in total.